The number of morpholine rings is 1. The van der Waals surface area contributed by atoms with Crippen LogP contribution in [0.25, 0.3) is 0 Å². The highest BCUT2D eigenvalue weighted by atomic mass is 127. The number of halogens is 1. The molecule has 2 N–H and O–H groups in total. The Balaban J connectivity index is 0.00000274. The molecule has 5 rings (SSSR count). The van der Waals surface area contributed by atoms with E-state index in [1.54, 1.807) is 0 Å². The Kier molecular flexibility index (Phi) is 8.52. The van der Waals surface area contributed by atoms with E-state index < -0.39 is 0 Å². The van der Waals surface area contributed by atoms with Gasteiger partial charge in [-0.05, 0) is 44.7 Å². The molecule has 1 spiro atoms. The molecular formula is C26H36IN5O2. The Hall–Kier alpha value is -2.07. The van der Waals surface area contributed by atoms with Gasteiger partial charge in [-0.15, -0.1) is 24.0 Å². The zero-order chi connectivity index (χ0) is 22.5. The first-order chi connectivity index (χ1) is 16.3. The number of hydrogen-bond acceptors (Lipinski definition) is 5. The topological polar surface area (TPSA) is 71.0 Å². The van der Waals surface area contributed by atoms with Crippen LogP contribution in [0.5, 0.6) is 5.75 Å². The number of guanidine groups is 1. The fraction of sp³-hybridized carbons (Fsp3) is 0.538. The van der Waals surface area contributed by atoms with E-state index in [4.69, 9.17) is 14.5 Å². The van der Waals surface area contributed by atoms with Crippen molar-refractivity contribution >= 4 is 35.8 Å². The lowest BCUT2D eigenvalue weighted by Gasteiger charge is -2.40. The largest absolute Gasteiger partial charge is 0.487 e. The first-order valence-corrected chi connectivity index (χ1v) is 12.4. The minimum absolute atomic E-state index is 0. The lowest BCUT2D eigenvalue weighted by Crippen LogP contribution is -2.46. The van der Waals surface area contributed by atoms with E-state index in [-0.39, 0.29) is 35.6 Å². The average molecular weight is 578 g/mol. The van der Waals surface area contributed by atoms with Crippen LogP contribution in [-0.2, 0) is 11.3 Å². The number of aliphatic imine (C=N–C) groups is 1. The van der Waals surface area contributed by atoms with Crippen molar-refractivity contribution in [2.45, 2.75) is 57.2 Å². The number of para-hydroxylation sites is 1. The van der Waals surface area contributed by atoms with Crippen LogP contribution in [0.1, 0.15) is 56.2 Å². The number of fused-ring (bicyclic) bond motifs is 1. The van der Waals surface area contributed by atoms with Gasteiger partial charge in [0.1, 0.15) is 17.2 Å². The molecule has 0 bridgehead atoms. The van der Waals surface area contributed by atoms with Crippen molar-refractivity contribution in [2.75, 3.05) is 37.7 Å². The second-order valence-corrected chi connectivity index (χ2v) is 9.21. The fourth-order valence-corrected chi connectivity index (χ4v) is 5.34. The van der Waals surface area contributed by atoms with Crippen molar-refractivity contribution in [3.8, 4) is 5.75 Å². The summed E-state index contributed by atoms with van der Waals surface area (Å²) < 4.78 is 12.1. The number of nitrogens with zero attached hydrogens (tertiary/aromatic N) is 3. The van der Waals surface area contributed by atoms with Crippen molar-refractivity contribution in [3.63, 3.8) is 0 Å². The van der Waals surface area contributed by atoms with Crippen molar-refractivity contribution in [3.05, 3.63) is 53.7 Å². The van der Waals surface area contributed by atoms with Crippen LogP contribution in [0, 0.1) is 0 Å². The van der Waals surface area contributed by atoms with E-state index in [1.807, 2.05) is 12.3 Å². The monoisotopic (exact) mass is 577 g/mol. The first kappa shape index (κ1) is 25.0. The molecule has 1 atom stereocenters. The minimum atomic E-state index is -0.0454. The molecule has 2 aromatic rings. The summed E-state index contributed by atoms with van der Waals surface area (Å²) in [6, 6.07) is 12.7. The smallest absolute Gasteiger partial charge is 0.192 e. The quantitative estimate of drug-likeness (QED) is 0.312. The molecule has 0 amide bonds. The number of nitrogens with one attached hydrogen (secondary N) is 2. The molecule has 3 aliphatic rings. The Morgan fingerprint density at radius 2 is 1.94 bits per heavy atom. The number of anilines is 1. The second kappa shape index (κ2) is 11.6. The van der Waals surface area contributed by atoms with Crippen LogP contribution in [0.4, 0.5) is 5.82 Å². The number of aromatic nitrogens is 1. The van der Waals surface area contributed by atoms with Gasteiger partial charge in [0.25, 0.3) is 0 Å². The molecule has 3 heterocycles. The van der Waals surface area contributed by atoms with Crippen molar-refractivity contribution in [1.29, 1.82) is 0 Å². The Labute approximate surface area is 219 Å². The molecule has 184 valence electrons. The van der Waals surface area contributed by atoms with Crippen LogP contribution in [0.15, 0.2) is 47.6 Å². The standard InChI is InChI=1S/C26H35N5O2.HI/c1-2-27-25(29-19-20-8-7-13-28-24(20)31-14-16-32-17-15-31)30-22-18-26(11-5-6-12-26)33-23-10-4-3-9-21(22)23;/h3-4,7-10,13,22H,2,5-6,11-12,14-19H2,1H3,(H2,27,29,30);1H. The molecule has 1 aromatic heterocycles. The van der Waals surface area contributed by atoms with E-state index >= 15 is 0 Å². The Morgan fingerprint density at radius 3 is 2.74 bits per heavy atom. The maximum absolute atomic E-state index is 6.54. The molecule has 1 aromatic carbocycles. The summed E-state index contributed by atoms with van der Waals surface area (Å²) in [5.74, 6) is 2.87. The summed E-state index contributed by atoms with van der Waals surface area (Å²) in [6.45, 7) is 6.72. The normalized spacial score (nSPS) is 21.4. The molecule has 34 heavy (non-hydrogen) atoms. The molecule has 0 radical (unpaired) electrons. The molecule has 1 aliphatic carbocycles. The average Bonchev–Trinajstić information content (AvgIpc) is 3.30. The molecular weight excluding hydrogens is 541 g/mol. The SMILES string of the molecule is CCNC(=NCc1cccnc1N1CCOCC1)NC1CC2(CCCC2)Oc2ccccc21.I. The molecule has 1 unspecified atom stereocenters. The lowest BCUT2D eigenvalue weighted by atomic mass is 9.86. The van der Waals surface area contributed by atoms with Crippen LogP contribution in [0.3, 0.4) is 0 Å². The maximum atomic E-state index is 6.54. The molecule has 7 nitrogen and oxygen atoms in total. The minimum Gasteiger partial charge on any atom is -0.487 e. The third kappa shape index (κ3) is 5.59. The number of rotatable bonds is 5. The Morgan fingerprint density at radius 1 is 1.15 bits per heavy atom. The molecule has 1 saturated carbocycles. The van der Waals surface area contributed by atoms with Gasteiger partial charge in [-0.25, -0.2) is 9.98 Å². The lowest BCUT2D eigenvalue weighted by molar-refractivity contribution is 0.0396. The predicted molar refractivity (Wildman–Crippen MR) is 146 cm³/mol. The van der Waals surface area contributed by atoms with E-state index in [0.717, 1.165) is 75.2 Å². The summed E-state index contributed by atoms with van der Waals surface area (Å²) in [5.41, 5.74) is 2.31. The van der Waals surface area contributed by atoms with Gasteiger partial charge in [0, 0.05) is 43.4 Å². The first-order valence-electron chi connectivity index (χ1n) is 12.4. The second-order valence-electron chi connectivity index (χ2n) is 9.21. The number of benzene rings is 1. The Bertz CT molecular complexity index is 973. The van der Waals surface area contributed by atoms with Gasteiger partial charge in [-0.1, -0.05) is 24.3 Å². The van der Waals surface area contributed by atoms with Crippen molar-refractivity contribution < 1.29 is 9.47 Å². The van der Waals surface area contributed by atoms with Crippen LogP contribution in [0.2, 0.25) is 0 Å². The number of ether oxygens (including phenoxy) is 2. The van der Waals surface area contributed by atoms with Gasteiger partial charge in [0.05, 0.1) is 25.8 Å². The van der Waals surface area contributed by atoms with Crippen molar-refractivity contribution in [2.24, 2.45) is 4.99 Å². The summed E-state index contributed by atoms with van der Waals surface area (Å²) in [4.78, 5) is 11.9. The number of pyridine rings is 1. The highest BCUT2D eigenvalue weighted by molar-refractivity contribution is 14.0. The van der Waals surface area contributed by atoms with E-state index in [0.29, 0.717) is 6.54 Å². The highest BCUT2D eigenvalue weighted by Gasteiger charge is 2.43. The molecule has 1 saturated heterocycles. The maximum Gasteiger partial charge on any atom is 0.192 e. The van der Waals surface area contributed by atoms with Crippen LogP contribution >= 0.6 is 24.0 Å². The predicted octanol–water partition coefficient (Wildman–Crippen LogP) is 4.43. The summed E-state index contributed by atoms with van der Waals surface area (Å²) >= 11 is 0. The van der Waals surface area contributed by atoms with Gasteiger partial charge >= 0.3 is 0 Å². The fourth-order valence-electron chi connectivity index (χ4n) is 5.34. The highest BCUT2D eigenvalue weighted by Crippen LogP contribution is 2.46. The summed E-state index contributed by atoms with van der Waals surface area (Å²) in [5, 5.41) is 7.19. The third-order valence-corrected chi connectivity index (χ3v) is 6.95. The van der Waals surface area contributed by atoms with Gasteiger partial charge in [0.15, 0.2) is 5.96 Å². The van der Waals surface area contributed by atoms with E-state index in [9.17, 15) is 0 Å². The summed E-state index contributed by atoms with van der Waals surface area (Å²) in [6.07, 6.45) is 7.59. The van der Waals surface area contributed by atoms with Gasteiger partial charge in [0.2, 0.25) is 0 Å². The van der Waals surface area contributed by atoms with Gasteiger partial charge in [-0.2, -0.15) is 0 Å². The molecule has 2 fully saturated rings. The van der Waals surface area contributed by atoms with Crippen LogP contribution in [-0.4, -0.2) is 49.4 Å². The van der Waals surface area contributed by atoms with E-state index in [1.165, 1.54) is 18.4 Å². The van der Waals surface area contributed by atoms with Gasteiger partial charge in [-0.3, -0.25) is 0 Å². The summed E-state index contributed by atoms with van der Waals surface area (Å²) in [7, 11) is 0. The number of hydrogen-bond donors (Lipinski definition) is 2. The zero-order valence-corrected chi connectivity index (χ0v) is 22.3. The third-order valence-electron chi connectivity index (χ3n) is 6.95. The van der Waals surface area contributed by atoms with Gasteiger partial charge < -0.3 is 25.0 Å². The molecule has 2 aliphatic heterocycles. The molecule has 8 heteroatoms. The van der Waals surface area contributed by atoms with Crippen molar-refractivity contribution in [1.82, 2.24) is 15.6 Å². The van der Waals surface area contributed by atoms with E-state index in [2.05, 4.69) is 57.8 Å². The van der Waals surface area contributed by atoms with Crippen LogP contribution < -0.4 is 20.3 Å². The zero-order valence-electron chi connectivity index (χ0n) is 20.0.